The third-order valence-corrected chi connectivity index (χ3v) is 11.0. The van der Waals surface area contributed by atoms with E-state index in [2.05, 4.69) is 0 Å². The standard InChI is InChI=1S/C27H32ClFN2O4Si/c1-16-25(36(3,4)29)23(35-27(16)21-12-19(28)9-10-22(21)30(2)26(27)34)13-24(33)31-14-18-8-6-5-7-17(18)11-20(31)15-32/h5-10,12,16,20,23,25,32H,11,13-15H2,1-4H3/t16-,20-,23+,25-,27+/m0/s1. The van der Waals surface area contributed by atoms with Crippen LogP contribution in [0.1, 0.15) is 30.0 Å². The van der Waals surface area contributed by atoms with Crippen molar-refractivity contribution in [3.05, 3.63) is 64.2 Å². The number of fused-ring (bicyclic) bond motifs is 3. The molecule has 3 heterocycles. The number of halogens is 2. The third kappa shape index (κ3) is 3.81. The molecule has 1 N–H and O–H groups in total. The molecule has 192 valence electrons. The summed E-state index contributed by atoms with van der Waals surface area (Å²) in [7, 11) is -1.70. The summed E-state index contributed by atoms with van der Waals surface area (Å²) in [5.74, 6) is -0.941. The van der Waals surface area contributed by atoms with Gasteiger partial charge in [-0.1, -0.05) is 42.8 Å². The first-order valence-corrected chi connectivity index (χ1v) is 15.7. The van der Waals surface area contributed by atoms with Gasteiger partial charge in [0.2, 0.25) is 14.3 Å². The second kappa shape index (κ2) is 8.94. The van der Waals surface area contributed by atoms with Gasteiger partial charge in [0.1, 0.15) is 0 Å². The number of aliphatic hydroxyl groups excluding tert-OH is 1. The van der Waals surface area contributed by atoms with Gasteiger partial charge in [0.15, 0.2) is 5.60 Å². The van der Waals surface area contributed by atoms with Gasteiger partial charge in [0, 0.05) is 35.6 Å². The number of benzene rings is 2. The van der Waals surface area contributed by atoms with Gasteiger partial charge >= 0.3 is 0 Å². The van der Waals surface area contributed by atoms with E-state index < -0.39 is 31.6 Å². The molecular weight excluding hydrogens is 499 g/mol. The van der Waals surface area contributed by atoms with Gasteiger partial charge in [-0.2, -0.15) is 0 Å². The Bertz CT molecular complexity index is 1220. The van der Waals surface area contributed by atoms with Crippen molar-refractivity contribution in [1.29, 1.82) is 0 Å². The van der Waals surface area contributed by atoms with Crippen LogP contribution in [0, 0.1) is 5.92 Å². The topological polar surface area (TPSA) is 70.1 Å². The van der Waals surface area contributed by atoms with E-state index in [9.17, 15) is 14.7 Å². The second-order valence-corrected chi connectivity index (χ2v) is 15.1. The number of ether oxygens (including phenoxy) is 1. The highest BCUT2D eigenvalue weighted by atomic mass is 35.5. The molecule has 0 aromatic heterocycles. The molecule has 1 saturated heterocycles. The summed E-state index contributed by atoms with van der Waals surface area (Å²) < 4.78 is 22.4. The van der Waals surface area contributed by atoms with Gasteiger partial charge in [-0.25, -0.2) is 0 Å². The van der Waals surface area contributed by atoms with Gasteiger partial charge < -0.3 is 23.8 Å². The van der Waals surface area contributed by atoms with E-state index in [0.717, 1.165) is 11.1 Å². The lowest BCUT2D eigenvalue weighted by molar-refractivity contribution is -0.150. The highest BCUT2D eigenvalue weighted by molar-refractivity contribution is 6.72. The molecule has 2 aromatic carbocycles. The number of rotatable bonds is 4. The molecule has 0 unspecified atom stereocenters. The summed E-state index contributed by atoms with van der Waals surface area (Å²) in [5.41, 5.74) is 1.52. The molecule has 0 radical (unpaired) electrons. The van der Waals surface area contributed by atoms with Crippen LogP contribution in [-0.4, -0.2) is 56.0 Å². The van der Waals surface area contributed by atoms with Gasteiger partial charge in [0.05, 0.1) is 30.9 Å². The van der Waals surface area contributed by atoms with E-state index in [1.807, 2.05) is 31.2 Å². The molecule has 0 bridgehead atoms. The molecule has 5 atom stereocenters. The fourth-order valence-corrected chi connectivity index (χ4v) is 9.32. The summed E-state index contributed by atoms with van der Waals surface area (Å²) in [4.78, 5) is 30.6. The molecule has 5 rings (SSSR count). The Kier molecular flexibility index (Phi) is 6.30. The quantitative estimate of drug-likeness (QED) is 0.469. The van der Waals surface area contributed by atoms with E-state index in [-0.39, 0.29) is 30.9 Å². The van der Waals surface area contributed by atoms with Crippen molar-refractivity contribution in [2.75, 3.05) is 18.6 Å². The van der Waals surface area contributed by atoms with Crippen LogP contribution in [-0.2, 0) is 32.9 Å². The summed E-state index contributed by atoms with van der Waals surface area (Å²) in [6.45, 7) is 5.31. The number of amides is 2. The van der Waals surface area contributed by atoms with Crippen LogP contribution in [0.4, 0.5) is 9.80 Å². The number of hydrogen-bond donors (Lipinski definition) is 1. The molecule has 0 aliphatic carbocycles. The Morgan fingerprint density at radius 2 is 1.94 bits per heavy atom. The van der Waals surface area contributed by atoms with E-state index in [1.165, 1.54) is 0 Å². The highest BCUT2D eigenvalue weighted by Gasteiger charge is 2.66. The molecule has 1 fully saturated rings. The molecule has 36 heavy (non-hydrogen) atoms. The van der Waals surface area contributed by atoms with E-state index in [4.69, 9.17) is 16.3 Å². The van der Waals surface area contributed by atoms with Crippen LogP contribution in [0.15, 0.2) is 42.5 Å². The van der Waals surface area contributed by atoms with Crippen molar-refractivity contribution in [1.82, 2.24) is 4.90 Å². The van der Waals surface area contributed by atoms with Crippen molar-refractivity contribution >= 4 is 37.5 Å². The van der Waals surface area contributed by atoms with Crippen molar-refractivity contribution in [3.8, 4) is 0 Å². The van der Waals surface area contributed by atoms with Gasteiger partial charge in [0.25, 0.3) is 5.91 Å². The fraction of sp³-hybridized carbons (Fsp3) is 0.481. The Labute approximate surface area is 217 Å². The molecule has 9 heteroatoms. The Morgan fingerprint density at radius 3 is 2.61 bits per heavy atom. The molecular formula is C27H32ClFN2O4Si. The fourth-order valence-electron chi connectivity index (χ4n) is 6.66. The lowest BCUT2D eigenvalue weighted by Gasteiger charge is -2.37. The monoisotopic (exact) mass is 530 g/mol. The average Bonchev–Trinajstić information content (AvgIpc) is 3.24. The summed E-state index contributed by atoms with van der Waals surface area (Å²) >= 11 is 6.31. The minimum Gasteiger partial charge on any atom is -0.394 e. The third-order valence-electron chi connectivity index (χ3n) is 8.32. The van der Waals surface area contributed by atoms with Crippen LogP contribution in [0.3, 0.4) is 0 Å². The lowest BCUT2D eigenvalue weighted by atomic mass is 9.82. The van der Waals surface area contributed by atoms with Gasteiger partial charge in [-0.3, -0.25) is 9.59 Å². The number of carbonyl (C=O) groups excluding carboxylic acids is 2. The smallest absolute Gasteiger partial charge is 0.264 e. The van der Waals surface area contributed by atoms with Gasteiger partial charge in [-0.15, -0.1) is 0 Å². The maximum Gasteiger partial charge on any atom is 0.264 e. The largest absolute Gasteiger partial charge is 0.394 e. The summed E-state index contributed by atoms with van der Waals surface area (Å²) in [5, 5.41) is 10.5. The number of carbonyl (C=O) groups is 2. The SMILES string of the molecule is C[C@H]1[C@H]([Si](C)(C)F)[C@@H](CC(=O)N2Cc3ccccc3C[C@H]2CO)O[C@]12C(=O)N(C)c1ccc(Cl)cc12. The Morgan fingerprint density at radius 1 is 1.25 bits per heavy atom. The van der Waals surface area contributed by atoms with Gasteiger partial charge in [-0.05, 0) is 48.8 Å². The van der Waals surface area contributed by atoms with Crippen LogP contribution >= 0.6 is 11.6 Å². The zero-order chi connectivity index (χ0) is 26.0. The van der Waals surface area contributed by atoms with Crippen molar-refractivity contribution in [2.24, 2.45) is 5.92 Å². The molecule has 2 amide bonds. The first kappa shape index (κ1) is 25.4. The number of hydrogen-bond acceptors (Lipinski definition) is 4. The number of likely N-dealkylation sites (N-methyl/N-ethyl adjacent to an activating group) is 1. The molecule has 1 spiro atoms. The maximum atomic E-state index is 15.9. The predicted octanol–water partition coefficient (Wildman–Crippen LogP) is 4.43. The van der Waals surface area contributed by atoms with Crippen LogP contribution in [0.5, 0.6) is 0 Å². The number of nitrogens with zero attached hydrogens (tertiary/aromatic N) is 2. The van der Waals surface area contributed by atoms with Crippen molar-refractivity contribution in [3.63, 3.8) is 0 Å². The zero-order valence-electron chi connectivity index (χ0n) is 21.0. The Balaban J connectivity index is 1.49. The lowest BCUT2D eigenvalue weighted by Crippen LogP contribution is -2.48. The minimum absolute atomic E-state index is 0.0529. The molecule has 0 saturated carbocycles. The van der Waals surface area contributed by atoms with Crippen LogP contribution < -0.4 is 4.90 Å². The molecule has 3 aliphatic rings. The summed E-state index contributed by atoms with van der Waals surface area (Å²) in [6.07, 6.45) is -0.257. The highest BCUT2D eigenvalue weighted by Crippen LogP contribution is 2.60. The van der Waals surface area contributed by atoms with E-state index in [1.54, 1.807) is 48.1 Å². The molecule has 6 nitrogen and oxygen atoms in total. The zero-order valence-corrected chi connectivity index (χ0v) is 22.8. The predicted molar refractivity (Wildman–Crippen MR) is 139 cm³/mol. The molecule has 2 aromatic rings. The maximum absolute atomic E-state index is 15.9. The van der Waals surface area contributed by atoms with Crippen LogP contribution in [0.25, 0.3) is 0 Å². The van der Waals surface area contributed by atoms with Crippen molar-refractivity contribution in [2.45, 2.75) is 62.7 Å². The number of anilines is 1. The summed E-state index contributed by atoms with van der Waals surface area (Å²) in [6, 6.07) is 12.8. The molecule has 3 aliphatic heterocycles. The van der Waals surface area contributed by atoms with E-state index in [0.29, 0.717) is 29.2 Å². The second-order valence-electron chi connectivity index (χ2n) is 10.8. The minimum atomic E-state index is -3.38. The van der Waals surface area contributed by atoms with Crippen LogP contribution in [0.2, 0.25) is 23.7 Å². The first-order chi connectivity index (χ1) is 17.0. The Hall–Kier alpha value is -2.26. The average molecular weight is 531 g/mol. The first-order valence-electron chi connectivity index (χ1n) is 12.4. The van der Waals surface area contributed by atoms with Crippen molar-refractivity contribution < 1.29 is 23.5 Å². The number of aliphatic hydroxyl groups is 1. The van der Waals surface area contributed by atoms with E-state index >= 15 is 4.11 Å². The normalized spacial score (nSPS) is 29.6.